The zero-order chi connectivity index (χ0) is 18.2. The number of benzene rings is 1. The molecule has 1 aromatic carbocycles. The minimum atomic E-state index is -0.130. The highest BCUT2D eigenvalue weighted by Gasteiger charge is 2.15. The van der Waals surface area contributed by atoms with Crippen molar-refractivity contribution in [1.82, 2.24) is 14.5 Å². The van der Waals surface area contributed by atoms with Crippen LogP contribution in [0.1, 0.15) is 0 Å². The lowest BCUT2D eigenvalue weighted by molar-refractivity contribution is -0.127. The molecule has 2 aromatic rings. The van der Waals surface area contributed by atoms with Gasteiger partial charge in [0, 0.05) is 19.6 Å². The Kier molecular flexibility index (Phi) is 6.77. The lowest BCUT2D eigenvalue weighted by atomic mass is 10.2. The molecule has 0 aliphatic heterocycles. The molecule has 0 unspecified atom stereocenters. The lowest BCUT2D eigenvalue weighted by Crippen LogP contribution is -2.33. The summed E-state index contributed by atoms with van der Waals surface area (Å²) in [4.78, 5) is 31.2. The van der Waals surface area contributed by atoms with Crippen LogP contribution in [0.3, 0.4) is 0 Å². The highest BCUT2D eigenvalue weighted by Crippen LogP contribution is 2.18. The standard InChI is InChI=1S/C19H21N3O2S/c1-4-11-21(12-5-2)17(23)14-25-19-20-16-10-8-7-9-15(16)18(24)22(19)13-6-3/h4-10H,1-3,11-14H2. The van der Waals surface area contributed by atoms with Crippen molar-refractivity contribution in [2.75, 3.05) is 18.8 Å². The van der Waals surface area contributed by atoms with E-state index in [1.165, 1.54) is 11.8 Å². The first-order chi connectivity index (χ1) is 12.1. The Morgan fingerprint density at radius 1 is 1.16 bits per heavy atom. The number of allylic oxidation sites excluding steroid dienone is 1. The Morgan fingerprint density at radius 2 is 1.84 bits per heavy atom. The minimum Gasteiger partial charge on any atom is -0.335 e. The number of carbonyl (C=O) groups is 1. The van der Waals surface area contributed by atoms with E-state index < -0.39 is 0 Å². The van der Waals surface area contributed by atoms with Crippen LogP contribution in [0.15, 0.2) is 72.2 Å². The van der Waals surface area contributed by atoms with Crippen LogP contribution in [0, 0.1) is 0 Å². The highest BCUT2D eigenvalue weighted by atomic mass is 32.2. The van der Waals surface area contributed by atoms with Crippen LogP contribution in [-0.2, 0) is 11.3 Å². The summed E-state index contributed by atoms with van der Waals surface area (Å²) in [5, 5.41) is 1.06. The van der Waals surface area contributed by atoms with Gasteiger partial charge in [-0.15, -0.1) is 19.7 Å². The largest absolute Gasteiger partial charge is 0.335 e. The summed E-state index contributed by atoms with van der Waals surface area (Å²) in [6.45, 7) is 12.3. The minimum absolute atomic E-state index is 0.0580. The Labute approximate surface area is 151 Å². The maximum atomic E-state index is 12.7. The predicted octanol–water partition coefficient (Wildman–Crippen LogP) is 2.88. The summed E-state index contributed by atoms with van der Waals surface area (Å²) >= 11 is 1.25. The molecular formula is C19H21N3O2S. The van der Waals surface area contributed by atoms with Gasteiger partial charge in [0.1, 0.15) is 0 Å². The lowest BCUT2D eigenvalue weighted by Gasteiger charge is -2.19. The number of amides is 1. The van der Waals surface area contributed by atoms with Crippen molar-refractivity contribution >= 4 is 28.6 Å². The van der Waals surface area contributed by atoms with E-state index in [4.69, 9.17) is 0 Å². The Balaban J connectivity index is 2.30. The molecule has 0 saturated carbocycles. The Bertz CT molecular complexity index is 847. The molecule has 0 spiro atoms. The van der Waals surface area contributed by atoms with Gasteiger partial charge in [0.2, 0.25) is 5.91 Å². The molecule has 1 amide bonds. The third-order valence-electron chi connectivity index (χ3n) is 3.51. The molecule has 0 radical (unpaired) electrons. The van der Waals surface area contributed by atoms with E-state index in [0.29, 0.717) is 35.7 Å². The molecular weight excluding hydrogens is 334 g/mol. The fourth-order valence-electron chi connectivity index (χ4n) is 2.36. The topological polar surface area (TPSA) is 55.2 Å². The number of rotatable bonds is 9. The van der Waals surface area contributed by atoms with E-state index in [-0.39, 0.29) is 17.2 Å². The van der Waals surface area contributed by atoms with Crippen LogP contribution in [0.25, 0.3) is 10.9 Å². The molecule has 0 fully saturated rings. The van der Waals surface area contributed by atoms with Gasteiger partial charge in [-0.3, -0.25) is 14.2 Å². The molecule has 0 bridgehead atoms. The SMILES string of the molecule is C=CCN(CC=C)C(=O)CSc1nc2ccccc2c(=O)n1CC=C. The molecule has 1 heterocycles. The first-order valence-corrected chi connectivity index (χ1v) is 8.83. The van der Waals surface area contributed by atoms with Crippen LogP contribution >= 0.6 is 11.8 Å². The zero-order valence-electron chi connectivity index (χ0n) is 14.1. The monoisotopic (exact) mass is 355 g/mol. The second kappa shape index (κ2) is 9.03. The molecule has 130 valence electrons. The first-order valence-electron chi connectivity index (χ1n) is 7.85. The van der Waals surface area contributed by atoms with Gasteiger partial charge in [-0.25, -0.2) is 4.98 Å². The highest BCUT2D eigenvalue weighted by molar-refractivity contribution is 7.99. The average Bonchev–Trinajstić information content (AvgIpc) is 2.62. The summed E-state index contributed by atoms with van der Waals surface area (Å²) < 4.78 is 1.54. The second-order valence-corrected chi connectivity index (χ2v) is 6.22. The fraction of sp³-hybridized carbons (Fsp3) is 0.211. The third kappa shape index (κ3) is 4.48. The number of hydrogen-bond donors (Lipinski definition) is 0. The zero-order valence-corrected chi connectivity index (χ0v) is 14.9. The van der Waals surface area contributed by atoms with Gasteiger partial charge in [-0.05, 0) is 12.1 Å². The van der Waals surface area contributed by atoms with E-state index in [9.17, 15) is 9.59 Å². The number of thioether (sulfide) groups is 1. The van der Waals surface area contributed by atoms with Crippen LogP contribution in [-0.4, -0.2) is 39.2 Å². The number of hydrogen-bond acceptors (Lipinski definition) is 4. The van der Waals surface area contributed by atoms with Crippen molar-refractivity contribution in [2.45, 2.75) is 11.7 Å². The quantitative estimate of drug-likeness (QED) is 0.394. The van der Waals surface area contributed by atoms with Gasteiger partial charge in [0.15, 0.2) is 5.16 Å². The summed E-state index contributed by atoms with van der Waals surface area (Å²) in [5.41, 5.74) is 0.492. The average molecular weight is 355 g/mol. The third-order valence-corrected chi connectivity index (χ3v) is 4.48. The summed E-state index contributed by atoms with van der Waals surface area (Å²) in [6, 6.07) is 7.19. The van der Waals surface area contributed by atoms with Crippen LogP contribution < -0.4 is 5.56 Å². The molecule has 5 nitrogen and oxygen atoms in total. The van der Waals surface area contributed by atoms with E-state index in [1.54, 1.807) is 39.8 Å². The summed E-state index contributed by atoms with van der Waals surface area (Å²) in [5.74, 6) is 0.126. The molecule has 2 rings (SSSR count). The van der Waals surface area contributed by atoms with Crippen molar-refractivity contribution in [3.05, 3.63) is 72.6 Å². The van der Waals surface area contributed by atoms with Gasteiger partial charge in [0.25, 0.3) is 5.56 Å². The number of para-hydroxylation sites is 1. The van der Waals surface area contributed by atoms with Crippen molar-refractivity contribution in [3.8, 4) is 0 Å². The number of fused-ring (bicyclic) bond motifs is 1. The van der Waals surface area contributed by atoms with E-state index in [0.717, 1.165) is 0 Å². The molecule has 1 aromatic heterocycles. The molecule has 25 heavy (non-hydrogen) atoms. The molecule has 0 N–H and O–H groups in total. The molecule has 0 aliphatic carbocycles. The predicted molar refractivity (Wildman–Crippen MR) is 104 cm³/mol. The van der Waals surface area contributed by atoms with Gasteiger partial charge in [-0.2, -0.15) is 0 Å². The first kappa shape index (κ1) is 18.7. The van der Waals surface area contributed by atoms with E-state index >= 15 is 0 Å². The Morgan fingerprint density at radius 3 is 2.48 bits per heavy atom. The van der Waals surface area contributed by atoms with Crippen molar-refractivity contribution in [2.24, 2.45) is 0 Å². The van der Waals surface area contributed by atoms with Crippen molar-refractivity contribution < 1.29 is 4.79 Å². The maximum Gasteiger partial charge on any atom is 0.262 e. The second-order valence-electron chi connectivity index (χ2n) is 5.28. The van der Waals surface area contributed by atoms with Gasteiger partial charge < -0.3 is 4.90 Å². The normalized spacial score (nSPS) is 10.4. The summed E-state index contributed by atoms with van der Waals surface area (Å²) in [6.07, 6.45) is 4.99. The molecule has 0 atom stereocenters. The number of carbonyl (C=O) groups excluding carboxylic acids is 1. The van der Waals surface area contributed by atoms with Crippen LogP contribution in [0.5, 0.6) is 0 Å². The van der Waals surface area contributed by atoms with E-state index in [2.05, 4.69) is 24.7 Å². The van der Waals surface area contributed by atoms with Gasteiger partial charge >= 0.3 is 0 Å². The number of nitrogens with zero attached hydrogens (tertiary/aromatic N) is 3. The Hall–Kier alpha value is -2.60. The molecule has 6 heteroatoms. The number of aromatic nitrogens is 2. The molecule has 0 aliphatic rings. The van der Waals surface area contributed by atoms with E-state index in [1.807, 2.05) is 12.1 Å². The fourth-order valence-corrected chi connectivity index (χ4v) is 3.27. The van der Waals surface area contributed by atoms with Crippen molar-refractivity contribution in [1.29, 1.82) is 0 Å². The maximum absolute atomic E-state index is 12.7. The van der Waals surface area contributed by atoms with Crippen molar-refractivity contribution in [3.63, 3.8) is 0 Å². The van der Waals surface area contributed by atoms with Gasteiger partial charge in [0.05, 0.1) is 16.7 Å². The van der Waals surface area contributed by atoms with Crippen LogP contribution in [0.4, 0.5) is 0 Å². The smallest absolute Gasteiger partial charge is 0.262 e. The van der Waals surface area contributed by atoms with Crippen LogP contribution in [0.2, 0.25) is 0 Å². The summed E-state index contributed by atoms with van der Waals surface area (Å²) in [7, 11) is 0. The molecule has 0 saturated heterocycles. The van der Waals surface area contributed by atoms with Gasteiger partial charge in [-0.1, -0.05) is 42.1 Å².